The Morgan fingerprint density at radius 2 is 1.11 bits per heavy atom. The second kappa shape index (κ2) is 14.4. The molecule has 0 saturated carbocycles. The average molecular weight is 269 g/mol. The molecule has 0 aliphatic rings. The molecule has 0 fully saturated rings. The lowest BCUT2D eigenvalue weighted by atomic mass is 9.88. The highest BCUT2D eigenvalue weighted by atomic mass is 14.1. The fourth-order valence-electron chi connectivity index (χ4n) is 3.11. The van der Waals surface area contributed by atoms with Crippen molar-refractivity contribution in [3.05, 3.63) is 0 Å². The van der Waals surface area contributed by atoms with E-state index in [-0.39, 0.29) is 0 Å². The molecule has 1 unspecified atom stereocenters. The molecule has 0 heterocycles. The van der Waals surface area contributed by atoms with Gasteiger partial charge in [0, 0.05) is 0 Å². The van der Waals surface area contributed by atoms with Gasteiger partial charge in [0.15, 0.2) is 0 Å². The van der Waals surface area contributed by atoms with Crippen LogP contribution in [-0.4, -0.2) is 0 Å². The smallest absolute Gasteiger partial charge is 0.0417 e. The Morgan fingerprint density at radius 3 is 1.58 bits per heavy atom. The largest absolute Gasteiger partial charge is 0.0654 e. The lowest BCUT2D eigenvalue weighted by Crippen LogP contribution is -2.04. The van der Waals surface area contributed by atoms with Crippen molar-refractivity contribution >= 4 is 0 Å². The van der Waals surface area contributed by atoms with Crippen molar-refractivity contribution in [2.45, 2.75) is 111 Å². The van der Waals surface area contributed by atoms with Crippen LogP contribution in [0.3, 0.4) is 0 Å². The Hall–Kier alpha value is 0. The summed E-state index contributed by atoms with van der Waals surface area (Å²) in [6, 6.07) is 0. The molecular weight excluding hydrogens is 228 g/mol. The maximum absolute atomic E-state index is 2.46. The minimum atomic E-state index is 0.953. The van der Waals surface area contributed by atoms with Gasteiger partial charge < -0.3 is 0 Å². The van der Waals surface area contributed by atoms with Gasteiger partial charge in [-0.3, -0.25) is 0 Å². The van der Waals surface area contributed by atoms with E-state index in [0.29, 0.717) is 0 Å². The molecule has 116 valence electrons. The zero-order valence-electron chi connectivity index (χ0n) is 14.3. The summed E-state index contributed by atoms with van der Waals surface area (Å²) in [6.07, 6.45) is 18.8. The summed E-state index contributed by atoms with van der Waals surface area (Å²) in [5, 5.41) is 0. The van der Waals surface area contributed by atoms with Crippen LogP contribution < -0.4 is 0 Å². The van der Waals surface area contributed by atoms with Gasteiger partial charge in [-0.25, -0.2) is 0 Å². The summed E-state index contributed by atoms with van der Waals surface area (Å²) < 4.78 is 0. The van der Waals surface area contributed by atoms with E-state index in [9.17, 15) is 0 Å². The molecule has 0 nitrogen and oxygen atoms in total. The summed E-state index contributed by atoms with van der Waals surface area (Å²) in [4.78, 5) is 0. The molecule has 0 aromatic carbocycles. The maximum Gasteiger partial charge on any atom is -0.0417 e. The standard InChI is InChI=1S/C19H40/c1-5-8-9-10-11-12-13-14-15-16-18(4)17-19(6-2)7-3/h18-19H,5-17H2,1-4H3. The fourth-order valence-corrected chi connectivity index (χ4v) is 3.11. The predicted octanol–water partition coefficient (Wildman–Crippen LogP) is 7.37. The van der Waals surface area contributed by atoms with Crippen molar-refractivity contribution in [2.75, 3.05) is 0 Å². The van der Waals surface area contributed by atoms with Crippen LogP contribution >= 0.6 is 0 Å². The lowest BCUT2D eigenvalue weighted by molar-refractivity contribution is 0.347. The third-order valence-electron chi connectivity index (χ3n) is 4.69. The van der Waals surface area contributed by atoms with Crippen LogP contribution in [0.25, 0.3) is 0 Å². The predicted molar refractivity (Wildman–Crippen MR) is 89.7 cm³/mol. The first-order valence-corrected chi connectivity index (χ1v) is 9.24. The van der Waals surface area contributed by atoms with Gasteiger partial charge >= 0.3 is 0 Å². The summed E-state index contributed by atoms with van der Waals surface area (Å²) >= 11 is 0. The third-order valence-corrected chi connectivity index (χ3v) is 4.69. The monoisotopic (exact) mass is 268 g/mol. The van der Waals surface area contributed by atoms with Crippen molar-refractivity contribution in [1.29, 1.82) is 0 Å². The number of rotatable bonds is 14. The zero-order chi connectivity index (χ0) is 14.3. The Morgan fingerprint density at radius 1 is 0.632 bits per heavy atom. The molecule has 0 aromatic heterocycles. The number of hydrogen-bond acceptors (Lipinski definition) is 0. The summed E-state index contributed by atoms with van der Waals surface area (Å²) in [5.74, 6) is 1.93. The van der Waals surface area contributed by atoms with Crippen LogP contribution in [0.4, 0.5) is 0 Å². The lowest BCUT2D eigenvalue weighted by Gasteiger charge is -2.18. The molecule has 0 heteroatoms. The number of unbranched alkanes of at least 4 members (excludes halogenated alkanes) is 8. The fraction of sp³-hybridized carbons (Fsp3) is 1.00. The van der Waals surface area contributed by atoms with E-state index in [0.717, 1.165) is 11.8 Å². The van der Waals surface area contributed by atoms with Gasteiger partial charge in [0.25, 0.3) is 0 Å². The van der Waals surface area contributed by atoms with Crippen LogP contribution in [0, 0.1) is 11.8 Å². The van der Waals surface area contributed by atoms with E-state index in [2.05, 4.69) is 27.7 Å². The van der Waals surface area contributed by atoms with Crippen LogP contribution in [0.2, 0.25) is 0 Å². The van der Waals surface area contributed by atoms with E-state index < -0.39 is 0 Å². The molecule has 0 aliphatic carbocycles. The van der Waals surface area contributed by atoms with E-state index in [4.69, 9.17) is 0 Å². The first-order valence-electron chi connectivity index (χ1n) is 9.24. The second-order valence-electron chi connectivity index (χ2n) is 6.64. The normalized spacial score (nSPS) is 13.1. The van der Waals surface area contributed by atoms with Crippen LogP contribution in [0.15, 0.2) is 0 Å². The molecule has 0 N–H and O–H groups in total. The summed E-state index contributed by atoms with van der Waals surface area (Å²) in [5.41, 5.74) is 0. The van der Waals surface area contributed by atoms with Gasteiger partial charge in [0.1, 0.15) is 0 Å². The molecule has 0 spiro atoms. The Kier molecular flexibility index (Phi) is 14.4. The van der Waals surface area contributed by atoms with E-state index in [1.807, 2.05) is 0 Å². The van der Waals surface area contributed by atoms with Crippen molar-refractivity contribution in [1.82, 2.24) is 0 Å². The Balaban J connectivity index is 3.24. The molecule has 0 bridgehead atoms. The van der Waals surface area contributed by atoms with E-state index in [1.165, 1.54) is 83.5 Å². The van der Waals surface area contributed by atoms with Gasteiger partial charge in [-0.1, -0.05) is 105 Å². The van der Waals surface area contributed by atoms with Crippen molar-refractivity contribution in [3.8, 4) is 0 Å². The van der Waals surface area contributed by atoms with Crippen LogP contribution in [0.1, 0.15) is 111 Å². The van der Waals surface area contributed by atoms with Gasteiger partial charge in [0.2, 0.25) is 0 Å². The van der Waals surface area contributed by atoms with Crippen LogP contribution in [-0.2, 0) is 0 Å². The highest BCUT2D eigenvalue weighted by Crippen LogP contribution is 2.23. The van der Waals surface area contributed by atoms with Crippen LogP contribution in [0.5, 0.6) is 0 Å². The molecule has 0 radical (unpaired) electrons. The quantitative estimate of drug-likeness (QED) is 0.288. The highest BCUT2D eigenvalue weighted by Gasteiger charge is 2.09. The Labute approximate surface area is 123 Å². The molecule has 0 aliphatic heterocycles. The average Bonchev–Trinajstić information content (AvgIpc) is 2.43. The first kappa shape index (κ1) is 19.0. The highest BCUT2D eigenvalue weighted by molar-refractivity contribution is 4.61. The van der Waals surface area contributed by atoms with Gasteiger partial charge in [-0.2, -0.15) is 0 Å². The minimum Gasteiger partial charge on any atom is -0.0654 e. The molecule has 0 amide bonds. The van der Waals surface area contributed by atoms with Gasteiger partial charge in [-0.05, 0) is 18.3 Å². The third kappa shape index (κ3) is 12.8. The minimum absolute atomic E-state index is 0.953. The van der Waals surface area contributed by atoms with E-state index in [1.54, 1.807) is 0 Å². The SMILES string of the molecule is CCCCCCCCCCCC(C)CC(CC)CC. The topological polar surface area (TPSA) is 0 Å². The summed E-state index contributed by atoms with van der Waals surface area (Å²) in [7, 11) is 0. The molecule has 0 aromatic rings. The maximum atomic E-state index is 2.46. The van der Waals surface area contributed by atoms with Crippen molar-refractivity contribution < 1.29 is 0 Å². The zero-order valence-corrected chi connectivity index (χ0v) is 14.3. The molecular formula is C19H40. The van der Waals surface area contributed by atoms with Crippen molar-refractivity contribution in [2.24, 2.45) is 11.8 Å². The Bertz CT molecular complexity index is 157. The number of hydrogen-bond donors (Lipinski definition) is 0. The van der Waals surface area contributed by atoms with Crippen molar-refractivity contribution in [3.63, 3.8) is 0 Å². The molecule has 0 rings (SSSR count). The second-order valence-corrected chi connectivity index (χ2v) is 6.64. The molecule has 0 saturated heterocycles. The molecule has 19 heavy (non-hydrogen) atoms. The van der Waals surface area contributed by atoms with E-state index >= 15 is 0 Å². The van der Waals surface area contributed by atoms with Gasteiger partial charge in [0.05, 0.1) is 0 Å². The first-order chi connectivity index (χ1) is 9.24. The van der Waals surface area contributed by atoms with Gasteiger partial charge in [-0.15, -0.1) is 0 Å². The molecule has 1 atom stereocenters. The summed E-state index contributed by atoms with van der Waals surface area (Å²) in [6.45, 7) is 9.45.